The normalized spacial score (nSPS) is 22.0. The van der Waals surface area contributed by atoms with E-state index in [1.54, 1.807) is 4.90 Å². The Morgan fingerprint density at radius 2 is 1.59 bits per heavy atom. The van der Waals surface area contributed by atoms with Crippen LogP contribution in [0.15, 0.2) is 42.5 Å². The van der Waals surface area contributed by atoms with E-state index in [9.17, 15) is 13.2 Å². The van der Waals surface area contributed by atoms with Gasteiger partial charge in [-0.25, -0.2) is 0 Å². The maximum atomic E-state index is 13.2. The summed E-state index contributed by atoms with van der Waals surface area (Å²) in [5.74, 6) is 1.22. The van der Waals surface area contributed by atoms with Crippen molar-refractivity contribution in [3.8, 4) is 0 Å². The van der Waals surface area contributed by atoms with E-state index >= 15 is 0 Å². The van der Waals surface area contributed by atoms with Gasteiger partial charge in [-0.2, -0.15) is 13.2 Å². The molecular weight excluding hydrogens is 433 g/mol. The first-order valence-electron chi connectivity index (χ1n) is 12.6. The number of halogens is 3. The minimum absolute atomic E-state index is 0.0897. The van der Waals surface area contributed by atoms with Gasteiger partial charge in [0.15, 0.2) is 0 Å². The number of fused-ring (bicyclic) bond motifs is 2. The van der Waals surface area contributed by atoms with Crippen molar-refractivity contribution in [2.45, 2.75) is 72.1 Å². The molecule has 34 heavy (non-hydrogen) atoms. The van der Waals surface area contributed by atoms with E-state index in [-0.39, 0.29) is 11.3 Å². The lowest BCUT2D eigenvalue weighted by Gasteiger charge is -2.41. The summed E-state index contributed by atoms with van der Waals surface area (Å²) in [6.07, 6.45) is -3.26. The van der Waals surface area contributed by atoms with Gasteiger partial charge < -0.3 is 0 Å². The van der Waals surface area contributed by atoms with Crippen molar-refractivity contribution >= 4 is 0 Å². The first kappa shape index (κ1) is 25.2. The number of benzene rings is 2. The fraction of sp³-hybridized carbons (Fsp3) is 0.586. The van der Waals surface area contributed by atoms with Gasteiger partial charge in [0.05, 0.1) is 6.54 Å². The van der Waals surface area contributed by atoms with Gasteiger partial charge in [0.25, 0.3) is 0 Å². The van der Waals surface area contributed by atoms with Crippen molar-refractivity contribution in [2.75, 3.05) is 26.2 Å². The molecule has 2 atom stereocenters. The lowest BCUT2D eigenvalue weighted by Crippen LogP contribution is -2.43. The number of hydrogen-bond donors (Lipinski definition) is 0. The molecule has 0 saturated heterocycles. The third-order valence-electron chi connectivity index (χ3n) is 7.69. The molecule has 186 valence electrons. The van der Waals surface area contributed by atoms with Crippen LogP contribution >= 0.6 is 0 Å². The van der Waals surface area contributed by atoms with Crippen LogP contribution in [0.3, 0.4) is 0 Å². The minimum atomic E-state index is -4.17. The van der Waals surface area contributed by atoms with E-state index in [1.165, 1.54) is 22.3 Å². The van der Waals surface area contributed by atoms with E-state index in [0.717, 1.165) is 31.6 Å². The standard InChI is InChI=1S/C29H39F3N2/c1-20(2)26-17-33(15-22-8-6-7-9-24(22)26)13-12-21-10-11-25-23(14-21)16-34(19-29(30,31)32)18-27(25)28(3,4)5/h6-11,14,20,26-27H,12-13,15-19H2,1-5H3. The Kier molecular flexibility index (Phi) is 7.17. The van der Waals surface area contributed by atoms with Gasteiger partial charge in [-0.3, -0.25) is 9.80 Å². The van der Waals surface area contributed by atoms with E-state index in [4.69, 9.17) is 0 Å². The molecule has 0 fully saturated rings. The lowest BCUT2D eigenvalue weighted by atomic mass is 9.72. The Morgan fingerprint density at radius 3 is 2.26 bits per heavy atom. The Hall–Kier alpha value is -1.85. The summed E-state index contributed by atoms with van der Waals surface area (Å²) in [5, 5.41) is 0. The SMILES string of the molecule is CC(C)C1CN(CCc2ccc3c(c2)CN(CC(F)(F)F)CC3C(C)(C)C)Cc2ccccc21. The zero-order chi connectivity index (χ0) is 24.7. The zero-order valence-electron chi connectivity index (χ0n) is 21.3. The van der Waals surface area contributed by atoms with Gasteiger partial charge in [-0.15, -0.1) is 0 Å². The van der Waals surface area contributed by atoms with E-state index < -0.39 is 12.7 Å². The summed E-state index contributed by atoms with van der Waals surface area (Å²) in [5.41, 5.74) is 6.33. The Labute approximate surface area is 203 Å². The molecule has 0 aromatic heterocycles. The van der Waals surface area contributed by atoms with Gasteiger partial charge in [-0.05, 0) is 51.5 Å². The van der Waals surface area contributed by atoms with E-state index in [1.807, 2.05) is 0 Å². The summed E-state index contributed by atoms with van der Waals surface area (Å²) in [7, 11) is 0. The van der Waals surface area contributed by atoms with Crippen LogP contribution in [0.1, 0.15) is 74.3 Å². The first-order valence-corrected chi connectivity index (χ1v) is 12.6. The minimum Gasteiger partial charge on any atom is -0.298 e. The molecule has 0 amide bonds. The number of hydrogen-bond acceptors (Lipinski definition) is 2. The highest BCUT2D eigenvalue weighted by atomic mass is 19.4. The molecule has 4 rings (SSSR count). The number of rotatable bonds is 5. The summed E-state index contributed by atoms with van der Waals surface area (Å²) >= 11 is 0. The smallest absolute Gasteiger partial charge is 0.298 e. The van der Waals surface area contributed by atoms with Crippen LogP contribution in [0.2, 0.25) is 0 Å². The fourth-order valence-corrected chi connectivity index (χ4v) is 5.82. The quantitative estimate of drug-likeness (QED) is 0.463. The van der Waals surface area contributed by atoms with Crippen LogP contribution in [0.25, 0.3) is 0 Å². The molecule has 0 spiro atoms. The number of alkyl halides is 3. The molecule has 2 unspecified atom stereocenters. The third-order valence-corrected chi connectivity index (χ3v) is 7.69. The molecule has 0 saturated carbocycles. The van der Waals surface area contributed by atoms with E-state index in [0.29, 0.717) is 24.9 Å². The highest BCUT2D eigenvalue weighted by molar-refractivity contribution is 5.38. The van der Waals surface area contributed by atoms with Crippen molar-refractivity contribution in [2.24, 2.45) is 11.3 Å². The van der Waals surface area contributed by atoms with Gasteiger partial charge in [0.1, 0.15) is 0 Å². The average molecular weight is 473 g/mol. The third kappa shape index (κ3) is 5.85. The topological polar surface area (TPSA) is 6.48 Å². The Bertz CT molecular complexity index is 990. The monoisotopic (exact) mass is 472 g/mol. The predicted octanol–water partition coefficient (Wildman–Crippen LogP) is 6.99. The maximum absolute atomic E-state index is 13.2. The Morgan fingerprint density at radius 1 is 0.882 bits per heavy atom. The molecular formula is C29H39F3N2. The van der Waals surface area contributed by atoms with Crippen molar-refractivity contribution in [3.63, 3.8) is 0 Å². The van der Waals surface area contributed by atoms with Gasteiger partial charge in [-0.1, -0.05) is 77.1 Å². The summed E-state index contributed by atoms with van der Waals surface area (Å²) in [6.45, 7) is 14.0. The molecule has 2 aromatic rings. The van der Waals surface area contributed by atoms with Crippen LogP contribution in [0, 0.1) is 11.3 Å². The molecule has 2 nitrogen and oxygen atoms in total. The molecule has 5 heteroatoms. The maximum Gasteiger partial charge on any atom is 0.401 e. The molecule has 0 radical (unpaired) electrons. The molecule has 2 aromatic carbocycles. The lowest BCUT2D eigenvalue weighted by molar-refractivity contribution is -0.149. The second-order valence-corrected chi connectivity index (χ2v) is 11.8. The van der Waals surface area contributed by atoms with Crippen molar-refractivity contribution in [3.05, 3.63) is 70.3 Å². The van der Waals surface area contributed by atoms with E-state index in [2.05, 4.69) is 82.0 Å². The van der Waals surface area contributed by atoms with Gasteiger partial charge >= 0.3 is 6.18 Å². The second-order valence-electron chi connectivity index (χ2n) is 11.8. The van der Waals surface area contributed by atoms with Crippen LogP contribution in [-0.2, 0) is 19.5 Å². The molecule has 2 aliphatic heterocycles. The highest BCUT2D eigenvalue weighted by Crippen LogP contribution is 2.41. The van der Waals surface area contributed by atoms with Crippen LogP contribution in [-0.4, -0.2) is 42.2 Å². The summed E-state index contributed by atoms with van der Waals surface area (Å²) in [4.78, 5) is 4.12. The van der Waals surface area contributed by atoms with Gasteiger partial charge in [0.2, 0.25) is 0 Å². The predicted molar refractivity (Wildman–Crippen MR) is 133 cm³/mol. The average Bonchev–Trinajstić information content (AvgIpc) is 2.74. The van der Waals surface area contributed by atoms with Crippen molar-refractivity contribution in [1.82, 2.24) is 9.80 Å². The van der Waals surface area contributed by atoms with Crippen molar-refractivity contribution in [1.29, 1.82) is 0 Å². The number of nitrogens with zero attached hydrogens (tertiary/aromatic N) is 2. The largest absolute Gasteiger partial charge is 0.401 e. The molecule has 2 heterocycles. The van der Waals surface area contributed by atoms with Crippen LogP contribution in [0.4, 0.5) is 13.2 Å². The van der Waals surface area contributed by atoms with Crippen molar-refractivity contribution < 1.29 is 13.2 Å². The summed E-state index contributed by atoms with van der Waals surface area (Å²) in [6, 6.07) is 15.4. The molecule has 0 N–H and O–H groups in total. The molecule has 0 aliphatic carbocycles. The highest BCUT2D eigenvalue weighted by Gasteiger charge is 2.38. The second kappa shape index (κ2) is 9.66. The zero-order valence-corrected chi connectivity index (χ0v) is 21.3. The van der Waals surface area contributed by atoms with Crippen LogP contribution < -0.4 is 0 Å². The van der Waals surface area contributed by atoms with Crippen LogP contribution in [0.5, 0.6) is 0 Å². The summed E-state index contributed by atoms with van der Waals surface area (Å²) < 4.78 is 39.6. The first-order chi connectivity index (χ1) is 15.9. The Balaban J connectivity index is 1.50. The fourth-order valence-electron chi connectivity index (χ4n) is 5.82. The molecule has 2 aliphatic rings. The van der Waals surface area contributed by atoms with Gasteiger partial charge in [0, 0.05) is 38.6 Å². The molecule has 0 bridgehead atoms.